The lowest BCUT2D eigenvalue weighted by Gasteiger charge is -2.02. The monoisotopic (exact) mass is 243 g/mol. The molecule has 0 spiro atoms. The van der Waals surface area contributed by atoms with Gasteiger partial charge in [0.15, 0.2) is 0 Å². The van der Waals surface area contributed by atoms with Gasteiger partial charge in [-0.15, -0.1) is 0 Å². The van der Waals surface area contributed by atoms with Crippen LogP contribution in [0.3, 0.4) is 0 Å². The van der Waals surface area contributed by atoms with Crippen molar-refractivity contribution in [2.75, 3.05) is 0 Å². The highest BCUT2D eigenvalue weighted by Crippen LogP contribution is 2.19. The Morgan fingerprint density at radius 1 is 1.18 bits per heavy atom. The lowest BCUT2D eigenvalue weighted by molar-refractivity contribution is 0.887. The van der Waals surface area contributed by atoms with Crippen molar-refractivity contribution < 1.29 is 0 Å². The minimum absolute atomic E-state index is 0.435. The zero-order valence-electron chi connectivity index (χ0n) is 9.10. The first-order valence-corrected chi connectivity index (χ1v) is 5.62. The summed E-state index contributed by atoms with van der Waals surface area (Å²) >= 11 is 5.83. The summed E-state index contributed by atoms with van der Waals surface area (Å²) in [6, 6.07) is 11.4. The van der Waals surface area contributed by atoms with E-state index in [9.17, 15) is 0 Å². The molecule has 0 N–H and O–H groups in total. The molecular weight excluding hydrogens is 234 g/mol. The van der Waals surface area contributed by atoms with Gasteiger partial charge in [0.1, 0.15) is 5.82 Å². The van der Waals surface area contributed by atoms with Crippen molar-refractivity contribution in [3.63, 3.8) is 0 Å². The Hall–Kier alpha value is -1.92. The highest BCUT2D eigenvalue weighted by atomic mass is 35.5. The van der Waals surface area contributed by atoms with Crippen LogP contribution in [0.4, 0.5) is 0 Å². The second-order valence-corrected chi connectivity index (χ2v) is 3.96. The van der Waals surface area contributed by atoms with E-state index in [1.54, 1.807) is 6.20 Å². The average molecular weight is 244 g/mol. The number of benzene rings is 1. The summed E-state index contributed by atoms with van der Waals surface area (Å²) in [6.07, 6.45) is 2.73. The molecule has 0 aliphatic carbocycles. The fourth-order valence-electron chi connectivity index (χ4n) is 1.47. The van der Waals surface area contributed by atoms with Crippen LogP contribution in [-0.4, -0.2) is 9.97 Å². The Kier molecular flexibility index (Phi) is 3.69. The summed E-state index contributed by atoms with van der Waals surface area (Å²) in [6.45, 7) is 0. The first-order valence-electron chi connectivity index (χ1n) is 5.24. The van der Waals surface area contributed by atoms with Crippen LogP contribution < -0.4 is 0 Å². The molecule has 4 heteroatoms. The predicted octanol–water partition coefficient (Wildman–Crippen LogP) is 3.25. The van der Waals surface area contributed by atoms with Gasteiger partial charge in [-0.3, -0.25) is 0 Å². The largest absolute Gasteiger partial charge is 0.241 e. The van der Waals surface area contributed by atoms with E-state index in [-0.39, 0.29) is 0 Å². The van der Waals surface area contributed by atoms with E-state index in [1.165, 1.54) is 0 Å². The molecule has 3 nitrogen and oxygen atoms in total. The molecule has 84 valence electrons. The third kappa shape index (κ3) is 3.02. The number of hydrogen-bond acceptors (Lipinski definition) is 3. The second-order valence-electron chi connectivity index (χ2n) is 3.52. The van der Waals surface area contributed by atoms with Crippen LogP contribution in [-0.2, 0) is 6.42 Å². The fraction of sp³-hybridized carbons (Fsp3) is 0.154. The molecule has 0 atom stereocenters. The van der Waals surface area contributed by atoms with Crippen molar-refractivity contribution >= 4 is 11.6 Å². The van der Waals surface area contributed by atoms with Crippen molar-refractivity contribution in [1.29, 1.82) is 5.26 Å². The number of rotatable bonds is 3. The van der Waals surface area contributed by atoms with Crippen LogP contribution in [0.25, 0.3) is 11.3 Å². The number of halogens is 1. The van der Waals surface area contributed by atoms with Crippen LogP contribution >= 0.6 is 11.6 Å². The van der Waals surface area contributed by atoms with Gasteiger partial charge in [0, 0.05) is 29.6 Å². The molecule has 0 aliphatic heterocycles. The highest BCUT2D eigenvalue weighted by molar-refractivity contribution is 6.30. The van der Waals surface area contributed by atoms with Gasteiger partial charge >= 0.3 is 0 Å². The van der Waals surface area contributed by atoms with E-state index in [0.717, 1.165) is 11.3 Å². The third-order valence-electron chi connectivity index (χ3n) is 2.31. The molecule has 0 amide bonds. The van der Waals surface area contributed by atoms with Crippen LogP contribution in [0.2, 0.25) is 5.02 Å². The first kappa shape index (κ1) is 11.6. The van der Waals surface area contributed by atoms with Crippen molar-refractivity contribution in [3.05, 3.63) is 47.4 Å². The van der Waals surface area contributed by atoms with Crippen molar-refractivity contribution in [2.45, 2.75) is 12.8 Å². The van der Waals surface area contributed by atoms with Crippen LogP contribution in [0.15, 0.2) is 36.5 Å². The molecule has 0 saturated carbocycles. The van der Waals surface area contributed by atoms with E-state index in [1.807, 2.05) is 30.3 Å². The maximum Gasteiger partial charge on any atom is 0.129 e. The van der Waals surface area contributed by atoms with Gasteiger partial charge < -0.3 is 0 Å². The van der Waals surface area contributed by atoms with Crippen LogP contribution in [0, 0.1) is 11.3 Å². The van der Waals surface area contributed by atoms with E-state index in [2.05, 4.69) is 16.0 Å². The number of hydrogen-bond donors (Lipinski definition) is 0. The summed E-state index contributed by atoms with van der Waals surface area (Å²) < 4.78 is 0. The smallest absolute Gasteiger partial charge is 0.129 e. The molecule has 0 radical (unpaired) electrons. The van der Waals surface area contributed by atoms with E-state index in [4.69, 9.17) is 16.9 Å². The Morgan fingerprint density at radius 2 is 1.94 bits per heavy atom. The summed E-state index contributed by atoms with van der Waals surface area (Å²) in [5, 5.41) is 9.23. The number of nitriles is 1. The van der Waals surface area contributed by atoms with Gasteiger partial charge in [0.2, 0.25) is 0 Å². The zero-order valence-corrected chi connectivity index (χ0v) is 9.85. The van der Waals surface area contributed by atoms with Gasteiger partial charge in [-0.1, -0.05) is 23.7 Å². The summed E-state index contributed by atoms with van der Waals surface area (Å²) in [4.78, 5) is 8.54. The minimum Gasteiger partial charge on any atom is -0.241 e. The van der Waals surface area contributed by atoms with E-state index < -0.39 is 0 Å². The van der Waals surface area contributed by atoms with Crippen LogP contribution in [0.1, 0.15) is 12.2 Å². The number of aromatic nitrogens is 2. The summed E-state index contributed by atoms with van der Waals surface area (Å²) in [5.74, 6) is 0.694. The lowest BCUT2D eigenvalue weighted by Crippen LogP contribution is -1.95. The first-order chi connectivity index (χ1) is 8.29. The van der Waals surface area contributed by atoms with Gasteiger partial charge in [-0.25, -0.2) is 9.97 Å². The molecule has 0 bridgehead atoms. The minimum atomic E-state index is 0.435. The zero-order chi connectivity index (χ0) is 12.1. The molecule has 1 aromatic heterocycles. The van der Waals surface area contributed by atoms with E-state index >= 15 is 0 Å². The van der Waals surface area contributed by atoms with E-state index in [0.29, 0.717) is 23.7 Å². The second kappa shape index (κ2) is 5.42. The molecule has 1 heterocycles. The molecule has 0 saturated heterocycles. The molecule has 2 rings (SSSR count). The van der Waals surface area contributed by atoms with Gasteiger partial charge in [-0.2, -0.15) is 5.26 Å². The molecule has 0 unspecified atom stereocenters. The summed E-state index contributed by atoms with van der Waals surface area (Å²) in [5.41, 5.74) is 1.85. The topological polar surface area (TPSA) is 49.6 Å². The number of aryl methyl sites for hydroxylation is 1. The van der Waals surface area contributed by atoms with Gasteiger partial charge in [0.25, 0.3) is 0 Å². The summed E-state index contributed by atoms with van der Waals surface area (Å²) in [7, 11) is 0. The normalized spacial score (nSPS) is 9.88. The fourth-order valence-corrected chi connectivity index (χ4v) is 1.59. The Bertz CT molecular complexity index is 543. The maximum atomic E-state index is 8.52. The molecule has 2 aromatic rings. The Morgan fingerprint density at radius 3 is 2.65 bits per heavy atom. The Balaban J connectivity index is 2.27. The highest BCUT2D eigenvalue weighted by Gasteiger charge is 2.02. The lowest BCUT2D eigenvalue weighted by atomic mass is 10.1. The van der Waals surface area contributed by atoms with Gasteiger partial charge in [0.05, 0.1) is 11.8 Å². The predicted molar refractivity (Wildman–Crippen MR) is 66.4 cm³/mol. The molecule has 0 fully saturated rings. The quantitative estimate of drug-likeness (QED) is 0.831. The molecule has 1 aromatic carbocycles. The average Bonchev–Trinajstić information content (AvgIpc) is 2.37. The maximum absolute atomic E-state index is 8.52. The van der Waals surface area contributed by atoms with Crippen molar-refractivity contribution in [1.82, 2.24) is 9.97 Å². The third-order valence-corrected chi connectivity index (χ3v) is 2.56. The van der Waals surface area contributed by atoms with Crippen molar-refractivity contribution in [2.24, 2.45) is 0 Å². The van der Waals surface area contributed by atoms with Gasteiger partial charge in [-0.05, 0) is 18.2 Å². The standard InChI is InChI=1S/C13H10ClN3/c14-11-5-3-10(4-6-11)12-7-9-16-13(17-12)2-1-8-15/h3-7,9H,1-2H2. The number of nitrogens with zero attached hydrogens (tertiary/aromatic N) is 3. The SMILES string of the molecule is N#CCCc1nccc(-c2ccc(Cl)cc2)n1. The molecule has 17 heavy (non-hydrogen) atoms. The van der Waals surface area contributed by atoms with Crippen LogP contribution in [0.5, 0.6) is 0 Å². The molecular formula is C13H10ClN3. The molecule has 0 aliphatic rings. The Labute approximate surface area is 105 Å². The van der Waals surface area contributed by atoms with Crippen molar-refractivity contribution in [3.8, 4) is 17.3 Å².